The zero-order valence-corrected chi connectivity index (χ0v) is 7.73. The van der Waals surface area contributed by atoms with Gasteiger partial charge in [0, 0.05) is 11.0 Å². The van der Waals surface area contributed by atoms with Gasteiger partial charge in [-0.3, -0.25) is 0 Å². The summed E-state index contributed by atoms with van der Waals surface area (Å²) >= 11 is 11.8. The lowest BCUT2D eigenvalue weighted by Crippen LogP contribution is -2.29. The molecule has 0 aromatic rings. The minimum Gasteiger partial charge on any atom is -0.396 e. The molecule has 0 spiro atoms. The molecule has 0 aromatic carbocycles. The van der Waals surface area contributed by atoms with E-state index in [1.807, 2.05) is 6.92 Å². The Morgan fingerprint density at radius 1 is 1.73 bits per heavy atom. The number of allylic oxidation sites excluding steroid dienone is 3. The highest BCUT2D eigenvalue weighted by Crippen LogP contribution is 2.33. The first-order valence-corrected chi connectivity index (χ1v) is 4.18. The van der Waals surface area contributed by atoms with E-state index in [1.54, 1.807) is 18.2 Å². The first kappa shape index (κ1) is 9.11. The van der Waals surface area contributed by atoms with E-state index in [1.165, 1.54) is 0 Å². The Morgan fingerprint density at radius 3 is 2.82 bits per heavy atom. The summed E-state index contributed by atoms with van der Waals surface area (Å²) in [5.41, 5.74) is 0. The average Bonchev–Trinajstić information content (AvgIpc) is 1.94. The van der Waals surface area contributed by atoms with Gasteiger partial charge in [-0.1, -0.05) is 23.8 Å². The van der Waals surface area contributed by atoms with Crippen LogP contribution in [0.15, 0.2) is 23.3 Å². The molecule has 3 heteroatoms. The van der Waals surface area contributed by atoms with Crippen molar-refractivity contribution >= 4 is 23.2 Å². The molecule has 0 aromatic heterocycles. The maximum absolute atomic E-state index is 8.92. The second-order valence-corrected chi connectivity index (χ2v) is 4.08. The van der Waals surface area contributed by atoms with Crippen molar-refractivity contribution in [2.75, 3.05) is 6.61 Å². The number of aliphatic hydroxyl groups excluding tert-OH is 1. The molecule has 11 heavy (non-hydrogen) atoms. The van der Waals surface area contributed by atoms with Crippen molar-refractivity contribution in [3.8, 4) is 0 Å². The number of hydrogen-bond donors (Lipinski definition) is 1. The standard InChI is InChI=1S/C8H10Cl2O/c1-8(10)3-2-7(9)4-6(8)5-11/h2-4,6,11H,5H2,1H3/t6-,8+/m1/s1. The fourth-order valence-corrected chi connectivity index (χ4v) is 1.42. The van der Waals surface area contributed by atoms with Gasteiger partial charge in [0.25, 0.3) is 0 Å². The Kier molecular flexibility index (Phi) is 2.63. The van der Waals surface area contributed by atoms with Gasteiger partial charge in [-0.2, -0.15) is 0 Å². The maximum Gasteiger partial charge on any atom is 0.0686 e. The minimum atomic E-state index is -0.493. The molecule has 0 heterocycles. The molecule has 1 nitrogen and oxygen atoms in total. The fourth-order valence-electron chi connectivity index (χ4n) is 1.01. The maximum atomic E-state index is 8.92. The summed E-state index contributed by atoms with van der Waals surface area (Å²) in [6.45, 7) is 1.88. The molecule has 0 saturated heterocycles. The molecule has 1 N–H and O–H groups in total. The zero-order valence-electron chi connectivity index (χ0n) is 6.22. The highest BCUT2D eigenvalue weighted by Gasteiger charge is 2.29. The highest BCUT2D eigenvalue weighted by molar-refractivity contribution is 6.32. The molecule has 0 radical (unpaired) electrons. The molecule has 1 rings (SSSR count). The summed E-state index contributed by atoms with van der Waals surface area (Å²) in [6.07, 6.45) is 5.33. The summed E-state index contributed by atoms with van der Waals surface area (Å²) in [7, 11) is 0. The Labute approximate surface area is 76.3 Å². The van der Waals surface area contributed by atoms with Crippen LogP contribution in [0.4, 0.5) is 0 Å². The van der Waals surface area contributed by atoms with Crippen LogP contribution in [-0.2, 0) is 0 Å². The zero-order chi connectivity index (χ0) is 8.48. The number of hydrogen-bond acceptors (Lipinski definition) is 1. The smallest absolute Gasteiger partial charge is 0.0686 e. The topological polar surface area (TPSA) is 20.2 Å². The molecular weight excluding hydrogens is 183 g/mol. The first-order valence-electron chi connectivity index (χ1n) is 3.42. The molecule has 62 valence electrons. The van der Waals surface area contributed by atoms with Gasteiger partial charge >= 0.3 is 0 Å². The third-order valence-corrected chi connectivity index (χ3v) is 2.51. The van der Waals surface area contributed by atoms with E-state index < -0.39 is 4.87 Å². The van der Waals surface area contributed by atoms with E-state index in [2.05, 4.69) is 0 Å². The lowest BCUT2D eigenvalue weighted by Gasteiger charge is -2.27. The van der Waals surface area contributed by atoms with Crippen LogP contribution in [-0.4, -0.2) is 16.6 Å². The van der Waals surface area contributed by atoms with E-state index in [0.29, 0.717) is 5.03 Å². The Balaban J connectivity index is 2.84. The van der Waals surface area contributed by atoms with Gasteiger partial charge in [-0.15, -0.1) is 11.6 Å². The summed E-state index contributed by atoms with van der Waals surface area (Å²) in [5, 5.41) is 9.56. The largest absolute Gasteiger partial charge is 0.396 e. The summed E-state index contributed by atoms with van der Waals surface area (Å²) in [5.74, 6) is -0.0818. The predicted octanol–water partition coefficient (Wildman–Crippen LogP) is 2.28. The molecule has 0 unspecified atom stereocenters. The first-order chi connectivity index (χ1) is 5.06. The van der Waals surface area contributed by atoms with Crippen LogP contribution in [0, 0.1) is 5.92 Å². The molecule has 0 amide bonds. The molecule has 2 atom stereocenters. The molecule has 1 aliphatic rings. The van der Waals surface area contributed by atoms with E-state index in [0.717, 1.165) is 0 Å². The van der Waals surface area contributed by atoms with Crippen LogP contribution < -0.4 is 0 Å². The van der Waals surface area contributed by atoms with Crippen molar-refractivity contribution in [3.63, 3.8) is 0 Å². The average molecular weight is 193 g/mol. The molecule has 0 saturated carbocycles. The van der Waals surface area contributed by atoms with Crippen LogP contribution in [0.1, 0.15) is 6.92 Å². The van der Waals surface area contributed by atoms with Gasteiger partial charge in [0.05, 0.1) is 11.5 Å². The van der Waals surface area contributed by atoms with E-state index in [-0.39, 0.29) is 12.5 Å². The van der Waals surface area contributed by atoms with Gasteiger partial charge < -0.3 is 5.11 Å². The van der Waals surface area contributed by atoms with E-state index >= 15 is 0 Å². The van der Waals surface area contributed by atoms with E-state index in [4.69, 9.17) is 28.3 Å². The lowest BCUT2D eigenvalue weighted by molar-refractivity contribution is 0.236. The van der Waals surface area contributed by atoms with Crippen molar-refractivity contribution in [1.29, 1.82) is 0 Å². The van der Waals surface area contributed by atoms with E-state index in [9.17, 15) is 0 Å². The summed E-state index contributed by atoms with van der Waals surface area (Å²) in [4.78, 5) is -0.493. The van der Waals surface area contributed by atoms with Gasteiger partial charge in [0.2, 0.25) is 0 Å². The molecule has 0 bridgehead atoms. The van der Waals surface area contributed by atoms with Crippen molar-refractivity contribution < 1.29 is 5.11 Å². The van der Waals surface area contributed by atoms with Crippen molar-refractivity contribution in [2.24, 2.45) is 5.92 Å². The summed E-state index contributed by atoms with van der Waals surface area (Å²) < 4.78 is 0. The second kappa shape index (κ2) is 3.18. The highest BCUT2D eigenvalue weighted by atomic mass is 35.5. The van der Waals surface area contributed by atoms with Crippen LogP contribution in [0.2, 0.25) is 0 Å². The molecule has 0 fully saturated rings. The van der Waals surface area contributed by atoms with Gasteiger partial charge in [-0.25, -0.2) is 0 Å². The number of halogens is 2. The quantitative estimate of drug-likeness (QED) is 0.633. The van der Waals surface area contributed by atoms with Crippen molar-refractivity contribution in [3.05, 3.63) is 23.3 Å². The fraction of sp³-hybridized carbons (Fsp3) is 0.500. The molecule has 0 aliphatic heterocycles. The molecular formula is C8H10Cl2O. The Morgan fingerprint density at radius 2 is 2.36 bits per heavy atom. The lowest BCUT2D eigenvalue weighted by atomic mass is 9.90. The third-order valence-electron chi connectivity index (χ3n) is 1.85. The third kappa shape index (κ3) is 1.98. The minimum absolute atomic E-state index is 0.0283. The van der Waals surface area contributed by atoms with Crippen LogP contribution in [0.3, 0.4) is 0 Å². The monoisotopic (exact) mass is 192 g/mol. The molecule has 1 aliphatic carbocycles. The Hall–Kier alpha value is 0.0200. The predicted molar refractivity (Wildman–Crippen MR) is 47.9 cm³/mol. The number of aliphatic hydroxyl groups is 1. The van der Waals surface area contributed by atoms with Crippen molar-refractivity contribution in [1.82, 2.24) is 0 Å². The van der Waals surface area contributed by atoms with Crippen LogP contribution in [0.25, 0.3) is 0 Å². The second-order valence-electron chi connectivity index (χ2n) is 2.83. The number of rotatable bonds is 1. The van der Waals surface area contributed by atoms with Crippen LogP contribution >= 0.6 is 23.2 Å². The Bertz CT molecular complexity index is 206. The SMILES string of the molecule is C[C@]1(Cl)C=CC(Cl)=C[C@@H]1CO. The summed E-state index contributed by atoms with van der Waals surface area (Å²) in [6, 6.07) is 0. The van der Waals surface area contributed by atoms with Crippen molar-refractivity contribution in [2.45, 2.75) is 11.8 Å². The van der Waals surface area contributed by atoms with Gasteiger partial charge in [-0.05, 0) is 13.0 Å². The van der Waals surface area contributed by atoms with Gasteiger partial charge in [0.15, 0.2) is 0 Å². The number of alkyl halides is 1. The normalized spacial score (nSPS) is 37.1. The van der Waals surface area contributed by atoms with Crippen LogP contribution in [0.5, 0.6) is 0 Å². The van der Waals surface area contributed by atoms with Gasteiger partial charge in [0.1, 0.15) is 0 Å².